The van der Waals surface area contributed by atoms with E-state index in [9.17, 15) is 0 Å². The molecule has 0 radical (unpaired) electrons. The van der Waals surface area contributed by atoms with E-state index in [1.165, 1.54) is 22.4 Å². The van der Waals surface area contributed by atoms with Crippen LogP contribution < -0.4 is 15.5 Å². The molecule has 0 atom stereocenters. The molecule has 2 N–H and O–H groups in total. The standard InChI is InChI=1S/C17H24N4S.HI/c1-13-9-16(21(3)4)6-5-15(13)11-20-17(18-2)19-10-14-7-8-22-12-14;/h5-9,12H,10-11H2,1-4H3,(H2,18,19,20);1H. The largest absolute Gasteiger partial charge is 0.378 e. The minimum Gasteiger partial charge on any atom is -0.378 e. The van der Waals surface area contributed by atoms with Gasteiger partial charge in [-0.2, -0.15) is 11.3 Å². The lowest BCUT2D eigenvalue weighted by molar-refractivity contribution is 0.807. The highest BCUT2D eigenvalue weighted by atomic mass is 127. The normalized spacial score (nSPS) is 10.9. The van der Waals surface area contributed by atoms with Crippen molar-refractivity contribution >= 4 is 47.0 Å². The Kier molecular flexibility index (Phi) is 8.40. The summed E-state index contributed by atoms with van der Waals surface area (Å²) in [4.78, 5) is 6.38. The Labute approximate surface area is 160 Å². The Bertz CT molecular complexity index is 624. The highest BCUT2D eigenvalue weighted by Crippen LogP contribution is 2.17. The minimum absolute atomic E-state index is 0. The zero-order valence-electron chi connectivity index (χ0n) is 14.1. The van der Waals surface area contributed by atoms with E-state index in [0.29, 0.717) is 0 Å². The first kappa shape index (κ1) is 19.8. The van der Waals surface area contributed by atoms with Crippen LogP contribution in [0, 0.1) is 6.92 Å². The number of halogens is 1. The van der Waals surface area contributed by atoms with Gasteiger partial charge in [0.15, 0.2) is 5.96 Å². The molecule has 23 heavy (non-hydrogen) atoms. The molecule has 6 heteroatoms. The van der Waals surface area contributed by atoms with Crippen LogP contribution >= 0.6 is 35.3 Å². The number of nitrogens with zero attached hydrogens (tertiary/aromatic N) is 2. The molecule has 0 saturated carbocycles. The molecule has 0 aliphatic rings. The zero-order valence-corrected chi connectivity index (χ0v) is 17.2. The molecular weight excluding hydrogens is 419 g/mol. The van der Waals surface area contributed by atoms with E-state index in [1.54, 1.807) is 18.4 Å². The summed E-state index contributed by atoms with van der Waals surface area (Å²) in [6.07, 6.45) is 0. The van der Waals surface area contributed by atoms with Crippen molar-refractivity contribution < 1.29 is 0 Å². The first-order valence-corrected chi connectivity index (χ1v) is 8.27. The van der Waals surface area contributed by atoms with E-state index in [2.05, 4.69) is 76.6 Å². The third-order valence-corrected chi connectivity index (χ3v) is 4.28. The summed E-state index contributed by atoms with van der Waals surface area (Å²) in [7, 11) is 5.91. The van der Waals surface area contributed by atoms with E-state index < -0.39 is 0 Å². The molecule has 4 nitrogen and oxygen atoms in total. The number of anilines is 1. The maximum absolute atomic E-state index is 4.27. The van der Waals surface area contributed by atoms with Crippen LogP contribution in [-0.4, -0.2) is 27.1 Å². The Morgan fingerprint density at radius 2 is 1.91 bits per heavy atom. The van der Waals surface area contributed by atoms with Gasteiger partial charge in [-0.15, -0.1) is 24.0 Å². The molecule has 1 heterocycles. The maximum Gasteiger partial charge on any atom is 0.191 e. The van der Waals surface area contributed by atoms with Gasteiger partial charge >= 0.3 is 0 Å². The molecular formula is C17H25IN4S. The lowest BCUT2D eigenvalue weighted by Gasteiger charge is -2.16. The van der Waals surface area contributed by atoms with Gasteiger partial charge in [0.2, 0.25) is 0 Å². The molecule has 2 aromatic rings. The zero-order chi connectivity index (χ0) is 15.9. The molecule has 0 spiro atoms. The number of benzene rings is 1. The van der Waals surface area contributed by atoms with Gasteiger partial charge in [0.05, 0.1) is 0 Å². The minimum atomic E-state index is 0. The first-order valence-electron chi connectivity index (χ1n) is 7.32. The van der Waals surface area contributed by atoms with Gasteiger partial charge in [-0.1, -0.05) is 6.07 Å². The van der Waals surface area contributed by atoms with Crippen LogP contribution in [0.25, 0.3) is 0 Å². The van der Waals surface area contributed by atoms with Crippen molar-refractivity contribution in [3.05, 3.63) is 51.7 Å². The predicted molar refractivity (Wildman–Crippen MR) is 112 cm³/mol. The third-order valence-electron chi connectivity index (χ3n) is 3.55. The molecule has 0 amide bonds. The number of hydrogen-bond acceptors (Lipinski definition) is 3. The molecule has 0 bridgehead atoms. The topological polar surface area (TPSA) is 39.7 Å². The summed E-state index contributed by atoms with van der Waals surface area (Å²) in [6, 6.07) is 8.64. The number of rotatable bonds is 5. The molecule has 1 aromatic heterocycles. The molecule has 0 fully saturated rings. The van der Waals surface area contributed by atoms with Gasteiger partial charge < -0.3 is 15.5 Å². The van der Waals surface area contributed by atoms with Crippen LogP contribution in [0.2, 0.25) is 0 Å². The van der Waals surface area contributed by atoms with Gasteiger partial charge in [-0.25, -0.2) is 0 Å². The monoisotopic (exact) mass is 444 g/mol. The number of hydrogen-bond donors (Lipinski definition) is 2. The lowest BCUT2D eigenvalue weighted by atomic mass is 10.1. The Balaban J connectivity index is 0.00000264. The second-order valence-corrected chi connectivity index (χ2v) is 6.20. The van der Waals surface area contributed by atoms with Crippen LogP contribution in [-0.2, 0) is 13.1 Å². The lowest BCUT2D eigenvalue weighted by Crippen LogP contribution is -2.36. The fourth-order valence-corrected chi connectivity index (χ4v) is 2.80. The number of thiophene rings is 1. The number of aliphatic imine (C=N–C) groups is 1. The Hall–Kier alpha value is -1.28. The SMILES string of the molecule is CN=C(NCc1ccsc1)NCc1ccc(N(C)C)cc1C.I. The fourth-order valence-electron chi connectivity index (χ4n) is 2.14. The second-order valence-electron chi connectivity index (χ2n) is 5.42. The van der Waals surface area contributed by atoms with Gasteiger partial charge in [-0.05, 0) is 52.6 Å². The van der Waals surface area contributed by atoms with Crippen molar-refractivity contribution in [2.45, 2.75) is 20.0 Å². The summed E-state index contributed by atoms with van der Waals surface area (Å²) in [6.45, 7) is 3.70. The maximum atomic E-state index is 4.27. The number of nitrogens with one attached hydrogen (secondary N) is 2. The highest BCUT2D eigenvalue weighted by molar-refractivity contribution is 14.0. The van der Waals surface area contributed by atoms with Crippen LogP contribution in [0.15, 0.2) is 40.0 Å². The van der Waals surface area contributed by atoms with E-state index in [4.69, 9.17) is 0 Å². The highest BCUT2D eigenvalue weighted by Gasteiger charge is 2.03. The van der Waals surface area contributed by atoms with Crippen molar-refractivity contribution in [2.75, 3.05) is 26.0 Å². The second kappa shape index (κ2) is 9.77. The summed E-state index contributed by atoms with van der Waals surface area (Å²) in [5.41, 5.74) is 5.07. The van der Waals surface area contributed by atoms with Gasteiger partial charge in [0.1, 0.15) is 0 Å². The van der Waals surface area contributed by atoms with E-state index in [1.807, 2.05) is 0 Å². The summed E-state index contributed by atoms with van der Waals surface area (Å²) in [5.74, 6) is 0.822. The van der Waals surface area contributed by atoms with Gasteiger partial charge in [-0.3, -0.25) is 4.99 Å². The van der Waals surface area contributed by atoms with Crippen LogP contribution in [0.3, 0.4) is 0 Å². The summed E-state index contributed by atoms with van der Waals surface area (Å²) in [5, 5.41) is 10.9. The van der Waals surface area contributed by atoms with Crippen molar-refractivity contribution in [1.29, 1.82) is 0 Å². The number of aryl methyl sites for hydroxylation is 1. The predicted octanol–water partition coefficient (Wildman–Crippen LogP) is 3.61. The van der Waals surface area contributed by atoms with Crippen molar-refractivity contribution in [3.63, 3.8) is 0 Å². The van der Waals surface area contributed by atoms with Crippen molar-refractivity contribution in [1.82, 2.24) is 10.6 Å². The fraction of sp³-hybridized carbons (Fsp3) is 0.353. The molecule has 0 aliphatic heterocycles. The molecule has 0 saturated heterocycles. The molecule has 126 valence electrons. The van der Waals surface area contributed by atoms with E-state index in [0.717, 1.165) is 19.0 Å². The molecule has 2 rings (SSSR count). The molecule has 0 unspecified atom stereocenters. The van der Waals surface area contributed by atoms with Crippen LogP contribution in [0.4, 0.5) is 5.69 Å². The Morgan fingerprint density at radius 1 is 1.17 bits per heavy atom. The van der Waals surface area contributed by atoms with Crippen LogP contribution in [0.1, 0.15) is 16.7 Å². The molecule has 0 aliphatic carbocycles. The summed E-state index contributed by atoms with van der Waals surface area (Å²) >= 11 is 1.71. The quantitative estimate of drug-likeness (QED) is 0.421. The van der Waals surface area contributed by atoms with Gasteiger partial charge in [0.25, 0.3) is 0 Å². The first-order chi connectivity index (χ1) is 10.6. The van der Waals surface area contributed by atoms with Crippen LogP contribution in [0.5, 0.6) is 0 Å². The Morgan fingerprint density at radius 3 is 2.48 bits per heavy atom. The summed E-state index contributed by atoms with van der Waals surface area (Å²) < 4.78 is 0. The third kappa shape index (κ3) is 6.02. The van der Waals surface area contributed by atoms with E-state index >= 15 is 0 Å². The van der Waals surface area contributed by atoms with E-state index in [-0.39, 0.29) is 24.0 Å². The molecule has 1 aromatic carbocycles. The average molecular weight is 444 g/mol. The van der Waals surface area contributed by atoms with Gasteiger partial charge in [0, 0.05) is 39.9 Å². The average Bonchev–Trinajstić information content (AvgIpc) is 3.01. The number of guanidine groups is 1. The van der Waals surface area contributed by atoms with Crippen molar-refractivity contribution in [2.24, 2.45) is 4.99 Å². The van der Waals surface area contributed by atoms with Crippen molar-refractivity contribution in [3.8, 4) is 0 Å². The smallest absolute Gasteiger partial charge is 0.191 e.